The van der Waals surface area contributed by atoms with Crippen LogP contribution in [0.1, 0.15) is 0 Å². The molecule has 0 fully saturated rings. The van der Waals surface area contributed by atoms with Gasteiger partial charge in [0.05, 0.1) is 0 Å². The molecular weight excluding hydrogens is 265 g/mol. The average molecular weight is 265 g/mol. The van der Waals surface area contributed by atoms with Gasteiger partial charge in [-0.1, -0.05) is 0 Å². The zero-order chi connectivity index (χ0) is 0. The van der Waals surface area contributed by atoms with E-state index in [4.69, 9.17) is 0 Å². The Kier molecular flexibility index (Phi) is 130. The smallest absolute Gasteiger partial charge is 0 e. The van der Waals surface area contributed by atoms with Crippen molar-refractivity contribution in [3.05, 3.63) is 0 Å². The van der Waals surface area contributed by atoms with Crippen molar-refractivity contribution in [2.75, 3.05) is 0 Å². The maximum Gasteiger partial charge on any atom is 0 e. The topological polar surface area (TPSA) is 0 Å². The molecule has 0 heterocycles. The zero-order valence-corrected chi connectivity index (χ0v) is 8.95. The molecule has 0 spiro atoms. The summed E-state index contributed by atoms with van der Waals surface area (Å²) in [6.07, 6.45) is 0. The van der Waals surface area contributed by atoms with E-state index in [0.29, 0.717) is 0 Å². The van der Waals surface area contributed by atoms with E-state index in [1.54, 1.807) is 0 Å². The van der Waals surface area contributed by atoms with E-state index >= 15 is 0 Å². The molecule has 0 N–H and O–H groups in total. The van der Waals surface area contributed by atoms with Crippen molar-refractivity contribution in [3.63, 3.8) is 0 Å². The third-order valence-electron chi connectivity index (χ3n) is 0. The maximum absolute atomic E-state index is 0. The van der Waals surface area contributed by atoms with Crippen LogP contribution in [0.5, 0.6) is 0 Å². The first-order valence-corrected chi connectivity index (χ1v) is 0. The molecule has 0 bridgehead atoms. The second-order valence-corrected chi connectivity index (χ2v) is 0. The molecule has 4 radical (unpaired) electrons. The van der Waals surface area contributed by atoms with Gasteiger partial charge in [0.1, 0.15) is 0 Å². The van der Waals surface area contributed by atoms with Gasteiger partial charge in [-0.2, -0.15) is 0 Å². The van der Waals surface area contributed by atoms with Crippen molar-refractivity contribution in [1.29, 1.82) is 0 Å². The molecule has 0 aliphatic rings. The van der Waals surface area contributed by atoms with E-state index in [2.05, 4.69) is 0 Å². The third kappa shape index (κ3) is 8.82. The van der Waals surface area contributed by atoms with Crippen LogP contribution in [-0.2, 0) is 65.8 Å². The number of hydrogen-bond donors (Lipinski definition) is 0. The van der Waals surface area contributed by atoms with Gasteiger partial charge in [0, 0.05) is 83.2 Å². The van der Waals surface area contributed by atoms with Gasteiger partial charge in [-0.3, -0.25) is 0 Å². The predicted molar refractivity (Wildman–Crippen MR) is 5.75 cm³/mol. The summed E-state index contributed by atoms with van der Waals surface area (Å²) in [5.41, 5.74) is 0. The first kappa shape index (κ1) is 29.9. The van der Waals surface area contributed by atoms with Gasteiger partial charge in [0.25, 0.3) is 0 Å². The molecule has 0 atom stereocenters. The minimum atomic E-state index is 0. The molecule has 0 aliphatic heterocycles. The molecule has 4 heavy (non-hydrogen) atoms. The summed E-state index contributed by atoms with van der Waals surface area (Å²) in [6.45, 7) is 0. The second-order valence-electron chi connectivity index (χ2n) is 0. The Morgan fingerprint density at radius 2 is 1.00 bits per heavy atom. The van der Waals surface area contributed by atoms with Gasteiger partial charge in [0.15, 0.2) is 0 Å². The van der Waals surface area contributed by atoms with E-state index in [1.165, 1.54) is 0 Å². The Labute approximate surface area is 81.9 Å². The normalized spacial score (nSPS) is 0. The van der Waals surface area contributed by atoms with Gasteiger partial charge in [0.2, 0.25) is 0 Å². The van der Waals surface area contributed by atoms with Gasteiger partial charge in [-0.15, -0.1) is 0 Å². The summed E-state index contributed by atoms with van der Waals surface area (Å²) in [7, 11) is 0. The molecule has 0 saturated heterocycles. The van der Waals surface area contributed by atoms with E-state index in [9.17, 15) is 0 Å². The Morgan fingerprint density at radius 3 is 1.00 bits per heavy atom. The number of rotatable bonds is 0. The summed E-state index contributed by atoms with van der Waals surface area (Å²) in [4.78, 5) is 0. The summed E-state index contributed by atoms with van der Waals surface area (Å²) in [5.74, 6) is 0. The minimum Gasteiger partial charge on any atom is 0 e. The molecule has 0 aliphatic carbocycles. The van der Waals surface area contributed by atoms with E-state index in [1.807, 2.05) is 0 Å². The van der Waals surface area contributed by atoms with Crippen LogP contribution >= 0.6 is 0 Å². The summed E-state index contributed by atoms with van der Waals surface area (Å²) in [6, 6.07) is 0. The molecule has 0 amide bonds. The molecule has 0 nitrogen and oxygen atoms in total. The first-order valence-electron chi connectivity index (χ1n) is 0. The van der Waals surface area contributed by atoms with Crippen molar-refractivity contribution in [3.8, 4) is 0 Å². The molecule has 0 aromatic heterocycles. The third-order valence-corrected chi connectivity index (χ3v) is 0. The SMILES string of the molecule is [Al].[Mo].[V].[Zr]. The second kappa shape index (κ2) is 17.3. The van der Waals surface area contributed by atoms with Crippen molar-refractivity contribution in [1.82, 2.24) is 0 Å². The Balaban J connectivity index is 0. The zero-order valence-electron chi connectivity index (χ0n) is 1.93. The summed E-state index contributed by atoms with van der Waals surface area (Å²) >= 11 is 0. The van der Waals surface area contributed by atoms with Crippen LogP contribution in [-0.4, -0.2) is 17.4 Å². The standard InChI is InChI=1S/Al.Mo.V.Zr. The molecule has 0 aromatic carbocycles. The fourth-order valence-corrected chi connectivity index (χ4v) is 0. The van der Waals surface area contributed by atoms with Gasteiger partial charge >= 0.3 is 0 Å². The van der Waals surface area contributed by atoms with E-state index in [0.717, 1.165) is 0 Å². The Morgan fingerprint density at radius 1 is 1.00 bits per heavy atom. The van der Waals surface area contributed by atoms with Crippen LogP contribution in [0.25, 0.3) is 0 Å². The fourth-order valence-electron chi connectivity index (χ4n) is 0. The predicted octanol–water partition coefficient (Wildman–Crippen LogP) is -0.388. The molecule has 4 heteroatoms. The van der Waals surface area contributed by atoms with Crippen LogP contribution < -0.4 is 0 Å². The largest absolute Gasteiger partial charge is 0 e. The van der Waals surface area contributed by atoms with Gasteiger partial charge < -0.3 is 0 Å². The van der Waals surface area contributed by atoms with E-state index < -0.39 is 0 Å². The maximum atomic E-state index is 0. The van der Waals surface area contributed by atoms with Crippen LogP contribution in [0.15, 0.2) is 0 Å². The monoisotopic (exact) mass is 266 g/mol. The molecular formula is AlMoVZr. The van der Waals surface area contributed by atoms with Crippen molar-refractivity contribution in [2.24, 2.45) is 0 Å². The molecule has 18 valence electrons. The average Bonchev–Trinajstić information content (AvgIpc) is 0. The summed E-state index contributed by atoms with van der Waals surface area (Å²) in [5, 5.41) is 0. The van der Waals surface area contributed by atoms with Crippen molar-refractivity contribution < 1.29 is 65.8 Å². The molecule has 0 unspecified atom stereocenters. The van der Waals surface area contributed by atoms with Gasteiger partial charge in [-0.25, -0.2) is 0 Å². The molecule has 0 saturated carbocycles. The Bertz CT molecular complexity index is 8.00. The van der Waals surface area contributed by atoms with Crippen molar-refractivity contribution in [2.45, 2.75) is 0 Å². The Hall–Kier alpha value is 2.69. The van der Waals surface area contributed by atoms with Crippen LogP contribution in [0.3, 0.4) is 0 Å². The fraction of sp³-hybridized carbons (Fsp3) is 0. The van der Waals surface area contributed by atoms with Gasteiger partial charge in [-0.05, 0) is 0 Å². The van der Waals surface area contributed by atoms with E-state index in [-0.39, 0.29) is 83.2 Å². The first-order chi connectivity index (χ1) is 0. The number of hydrogen-bond acceptors (Lipinski definition) is 0. The van der Waals surface area contributed by atoms with Crippen LogP contribution in [0.2, 0.25) is 0 Å². The quantitative estimate of drug-likeness (QED) is 0.523. The van der Waals surface area contributed by atoms with Crippen LogP contribution in [0, 0.1) is 0 Å². The minimum absolute atomic E-state index is 0. The molecule has 0 aromatic rings. The van der Waals surface area contributed by atoms with Crippen LogP contribution in [0.4, 0.5) is 0 Å². The molecule has 0 rings (SSSR count). The van der Waals surface area contributed by atoms with Crippen molar-refractivity contribution >= 4 is 17.4 Å². The summed E-state index contributed by atoms with van der Waals surface area (Å²) < 4.78 is 0.